The fraction of sp³-hybridized carbons (Fsp3) is 0.600. The first-order valence-corrected chi connectivity index (χ1v) is 5.10. The van der Waals surface area contributed by atoms with Gasteiger partial charge in [0, 0.05) is 13.1 Å². The Morgan fingerprint density at radius 2 is 2.38 bits per heavy atom. The molecule has 1 fully saturated rings. The Morgan fingerprint density at radius 3 is 2.81 bits per heavy atom. The van der Waals surface area contributed by atoms with Crippen LogP contribution < -0.4 is 10.6 Å². The van der Waals surface area contributed by atoms with E-state index in [1.807, 2.05) is 13.8 Å². The highest BCUT2D eigenvalue weighted by Crippen LogP contribution is 2.13. The average Bonchev–Trinajstić information content (AvgIpc) is 2.48. The Morgan fingerprint density at radius 1 is 1.69 bits per heavy atom. The summed E-state index contributed by atoms with van der Waals surface area (Å²) in [7, 11) is 0. The van der Waals surface area contributed by atoms with Gasteiger partial charge in [-0.2, -0.15) is 0 Å². The number of carbonyl (C=O) groups is 1. The number of halogens is 1. The highest BCUT2D eigenvalue weighted by Gasteiger charge is 2.26. The predicted octanol–water partition coefficient (Wildman–Crippen LogP) is 0.801. The van der Waals surface area contributed by atoms with Crippen molar-refractivity contribution >= 4 is 18.3 Å². The minimum absolute atomic E-state index is 0. The van der Waals surface area contributed by atoms with Crippen molar-refractivity contribution in [1.29, 1.82) is 0 Å². The van der Waals surface area contributed by atoms with Crippen LogP contribution in [0.3, 0.4) is 0 Å². The van der Waals surface area contributed by atoms with Gasteiger partial charge >= 0.3 is 0 Å². The zero-order valence-corrected chi connectivity index (χ0v) is 10.1. The summed E-state index contributed by atoms with van der Waals surface area (Å²) >= 11 is 0. The monoisotopic (exact) mass is 245 g/mol. The minimum atomic E-state index is -0.160. The van der Waals surface area contributed by atoms with Crippen molar-refractivity contribution in [1.82, 2.24) is 15.6 Å². The van der Waals surface area contributed by atoms with Gasteiger partial charge in [-0.05, 0) is 13.8 Å². The highest BCUT2D eigenvalue weighted by atomic mass is 35.5. The molecule has 5 nitrogen and oxygen atoms in total. The summed E-state index contributed by atoms with van der Waals surface area (Å²) in [5.41, 5.74) is 0. The Labute approximate surface area is 100 Å². The summed E-state index contributed by atoms with van der Waals surface area (Å²) in [6, 6.07) is -0.160. The average molecular weight is 246 g/mol. The van der Waals surface area contributed by atoms with Gasteiger partial charge in [0.1, 0.15) is 11.8 Å². The van der Waals surface area contributed by atoms with Crippen molar-refractivity contribution in [2.45, 2.75) is 19.9 Å². The third-order valence-corrected chi connectivity index (χ3v) is 2.52. The molecule has 0 spiro atoms. The molecule has 2 heterocycles. The van der Waals surface area contributed by atoms with Gasteiger partial charge in [0.05, 0.1) is 12.1 Å². The number of aryl methyl sites for hydroxylation is 1. The number of oxazole rings is 1. The van der Waals surface area contributed by atoms with Gasteiger partial charge < -0.3 is 15.1 Å². The van der Waals surface area contributed by atoms with Crippen LogP contribution >= 0.6 is 12.4 Å². The first kappa shape index (κ1) is 13.0. The fourth-order valence-electron chi connectivity index (χ4n) is 1.44. The van der Waals surface area contributed by atoms with Crippen LogP contribution in [0.4, 0.5) is 0 Å². The van der Waals surface area contributed by atoms with Crippen molar-refractivity contribution in [3.8, 4) is 0 Å². The molecule has 16 heavy (non-hydrogen) atoms. The lowest BCUT2D eigenvalue weighted by Crippen LogP contribution is -2.51. The van der Waals surface area contributed by atoms with Crippen LogP contribution in [0.15, 0.2) is 10.6 Å². The lowest BCUT2D eigenvalue weighted by atomic mass is 10.0. The van der Waals surface area contributed by atoms with Crippen LogP contribution in [0.5, 0.6) is 0 Å². The molecule has 1 unspecified atom stereocenters. The summed E-state index contributed by atoms with van der Waals surface area (Å²) in [4.78, 5) is 15.7. The highest BCUT2D eigenvalue weighted by molar-refractivity contribution is 5.85. The first-order valence-electron chi connectivity index (χ1n) is 5.10. The molecule has 0 radical (unpaired) electrons. The number of amides is 1. The van der Waals surface area contributed by atoms with E-state index in [-0.39, 0.29) is 30.3 Å². The van der Waals surface area contributed by atoms with Gasteiger partial charge in [-0.1, -0.05) is 0 Å². The molecule has 2 N–H and O–H groups in total. The van der Waals surface area contributed by atoms with Crippen LogP contribution in [0.1, 0.15) is 24.6 Å². The standard InChI is InChI=1S/C10H15N3O2.ClH/c1-6-3-12-10(15-6)7(2)13-9(14)8-4-11-5-8;/h3,7-8,11H,4-5H2,1-2H3,(H,13,14);1H. The summed E-state index contributed by atoms with van der Waals surface area (Å²) in [5.74, 6) is 1.49. The van der Waals surface area contributed by atoms with Crippen molar-refractivity contribution in [3.05, 3.63) is 17.8 Å². The van der Waals surface area contributed by atoms with Gasteiger partial charge in [0.15, 0.2) is 0 Å². The minimum Gasteiger partial charge on any atom is -0.444 e. The van der Waals surface area contributed by atoms with E-state index in [0.717, 1.165) is 18.8 Å². The summed E-state index contributed by atoms with van der Waals surface area (Å²) in [6.07, 6.45) is 1.66. The zero-order valence-electron chi connectivity index (χ0n) is 9.32. The fourth-order valence-corrected chi connectivity index (χ4v) is 1.44. The van der Waals surface area contributed by atoms with Gasteiger partial charge in [0.25, 0.3) is 0 Å². The SMILES string of the molecule is Cc1cnc(C(C)NC(=O)C2CNC2)o1.Cl. The molecular formula is C10H16ClN3O2. The maximum absolute atomic E-state index is 11.6. The summed E-state index contributed by atoms with van der Waals surface area (Å²) < 4.78 is 5.34. The number of aromatic nitrogens is 1. The summed E-state index contributed by atoms with van der Waals surface area (Å²) in [5, 5.41) is 5.94. The van der Waals surface area contributed by atoms with Gasteiger partial charge in [-0.3, -0.25) is 4.79 Å². The van der Waals surface area contributed by atoms with Crippen LogP contribution in [0, 0.1) is 12.8 Å². The second kappa shape index (κ2) is 5.32. The van der Waals surface area contributed by atoms with Crippen LogP contribution in [0.2, 0.25) is 0 Å². The molecule has 0 aliphatic carbocycles. The largest absolute Gasteiger partial charge is 0.444 e. The van der Waals surface area contributed by atoms with E-state index in [9.17, 15) is 4.79 Å². The van der Waals surface area contributed by atoms with E-state index in [1.54, 1.807) is 6.20 Å². The molecule has 0 aromatic carbocycles. The smallest absolute Gasteiger partial charge is 0.226 e. The third-order valence-electron chi connectivity index (χ3n) is 2.52. The number of hydrogen-bond donors (Lipinski definition) is 2. The molecule has 1 aliphatic heterocycles. The number of nitrogens with one attached hydrogen (secondary N) is 2. The van der Waals surface area contributed by atoms with Crippen LogP contribution in [0.25, 0.3) is 0 Å². The number of carbonyl (C=O) groups excluding carboxylic acids is 1. The second-order valence-electron chi connectivity index (χ2n) is 3.89. The second-order valence-corrected chi connectivity index (χ2v) is 3.89. The predicted molar refractivity (Wildman–Crippen MR) is 61.4 cm³/mol. The number of rotatable bonds is 3. The van der Waals surface area contributed by atoms with Crippen molar-refractivity contribution in [2.75, 3.05) is 13.1 Å². The Bertz CT molecular complexity index is 363. The maximum Gasteiger partial charge on any atom is 0.226 e. The van der Waals surface area contributed by atoms with E-state index in [2.05, 4.69) is 15.6 Å². The van der Waals surface area contributed by atoms with Gasteiger partial charge in [-0.25, -0.2) is 4.98 Å². The normalized spacial score (nSPS) is 17.1. The third kappa shape index (κ3) is 2.74. The molecule has 6 heteroatoms. The molecule has 1 atom stereocenters. The Kier molecular flexibility index (Phi) is 4.32. The molecule has 90 valence electrons. The van der Waals surface area contributed by atoms with Gasteiger partial charge in [0.2, 0.25) is 11.8 Å². The molecule has 0 bridgehead atoms. The molecular weight excluding hydrogens is 230 g/mol. The van der Waals surface area contributed by atoms with E-state index in [4.69, 9.17) is 4.42 Å². The Balaban J connectivity index is 0.00000128. The number of nitrogens with zero attached hydrogens (tertiary/aromatic N) is 1. The molecule has 1 saturated heterocycles. The molecule has 0 saturated carbocycles. The van der Waals surface area contributed by atoms with Crippen molar-refractivity contribution in [2.24, 2.45) is 5.92 Å². The molecule has 1 amide bonds. The van der Waals surface area contributed by atoms with Gasteiger partial charge in [-0.15, -0.1) is 12.4 Å². The van der Waals surface area contributed by atoms with E-state index >= 15 is 0 Å². The molecule has 1 aromatic heterocycles. The first-order chi connectivity index (χ1) is 7.16. The molecule has 2 rings (SSSR count). The quantitative estimate of drug-likeness (QED) is 0.827. The van der Waals surface area contributed by atoms with Crippen LogP contribution in [-0.4, -0.2) is 24.0 Å². The number of hydrogen-bond acceptors (Lipinski definition) is 4. The summed E-state index contributed by atoms with van der Waals surface area (Å²) in [6.45, 7) is 5.24. The topological polar surface area (TPSA) is 67.2 Å². The van der Waals surface area contributed by atoms with E-state index in [0.29, 0.717) is 5.89 Å². The lowest BCUT2D eigenvalue weighted by Gasteiger charge is -2.26. The maximum atomic E-state index is 11.6. The van der Waals surface area contributed by atoms with E-state index in [1.165, 1.54) is 0 Å². The van der Waals surface area contributed by atoms with Crippen molar-refractivity contribution in [3.63, 3.8) is 0 Å². The van der Waals surface area contributed by atoms with Crippen LogP contribution in [-0.2, 0) is 4.79 Å². The molecule has 1 aliphatic rings. The molecule has 1 aromatic rings. The zero-order chi connectivity index (χ0) is 10.8. The van der Waals surface area contributed by atoms with E-state index < -0.39 is 0 Å². The van der Waals surface area contributed by atoms with Crippen molar-refractivity contribution < 1.29 is 9.21 Å². The lowest BCUT2D eigenvalue weighted by molar-refractivity contribution is -0.127. The Hall–Kier alpha value is -1.07.